The van der Waals surface area contributed by atoms with E-state index in [9.17, 15) is 22.8 Å². The van der Waals surface area contributed by atoms with Gasteiger partial charge in [0.1, 0.15) is 12.4 Å². The van der Waals surface area contributed by atoms with E-state index in [0.29, 0.717) is 12.8 Å². The van der Waals surface area contributed by atoms with Crippen molar-refractivity contribution >= 4 is 23.6 Å². The fraction of sp³-hybridized carbons (Fsp3) is 0.579. The number of carbonyl (C=O) groups is 2. The van der Waals surface area contributed by atoms with E-state index >= 15 is 0 Å². The van der Waals surface area contributed by atoms with Gasteiger partial charge in [-0.3, -0.25) is 4.79 Å². The number of piperidine rings is 1. The predicted octanol–water partition coefficient (Wildman–Crippen LogP) is 3.70. The van der Waals surface area contributed by atoms with Gasteiger partial charge in [-0.15, -0.1) is 0 Å². The summed E-state index contributed by atoms with van der Waals surface area (Å²) in [6.07, 6.45) is 0.847. The lowest BCUT2D eigenvalue weighted by atomic mass is 9.68. The minimum atomic E-state index is -3.19. The molecule has 0 aromatic heterocycles. The van der Waals surface area contributed by atoms with Gasteiger partial charge in [0.25, 0.3) is 5.92 Å². The van der Waals surface area contributed by atoms with E-state index in [4.69, 9.17) is 16.3 Å². The number of hydrogen-bond donors (Lipinski definition) is 1. The van der Waals surface area contributed by atoms with E-state index < -0.39 is 29.3 Å². The van der Waals surface area contributed by atoms with Crippen molar-refractivity contribution in [1.29, 1.82) is 0 Å². The first-order valence-corrected chi connectivity index (χ1v) is 9.65. The highest BCUT2D eigenvalue weighted by molar-refractivity contribution is 6.31. The number of benzene rings is 1. The highest BCUT2D eigenvalue weighted by Crippen LogP contribution is 2.45. The van der Waals surface area contributed by atoms with E-state index in [2.05, 4.69) is 5.32 Å². The van der Waals surface area contributed by atoms with Crippen molar-refractivity contribution in [1.82, 2.24) is 10.2 Å². The molecule has 2 heterocycles. The summed E-state index contributed by atoms with van der Waals surface area (Å²) in [4.78, 5) is 25.5. The van der Waals surface area contributed by atoms with Crippen molar-refractivity contribution in [3.8, 4) is 0 Å². The number of halogens is 4. The van der Waals surface area contributed by atoms with Gasteiger partial charge in [-0.25, -0.2) is 18.0 Å². The van der Waals surface area contributed by atoms with Gasteiger partial charge in [0.05, 0.1) is 10.6 Å². The van der Waals surface area contributed by atoms with Crippen molar-refractivity contribution in [2.24, 2.45) is 11.8 Å². The number of rotatable bonds is 3. The molecule has 9 heteroatoms. The maximum absolute atomic E-state index is 14.9. The molecule has 1 aromatic rings. The summed E-state index contributed by atoms with van der Waals surface area (Å²) in [5.41, 5.74) is -0.819. The molecule has 1 N–H and O–H groups in total. The maximum atomic E-state index is 14.9. The fourth-order valence-electron chi connectivity index (χ4n) is 4.47. The molecule has 2 saturated heterocycles. The Kier molecular flexibility index (Phi) is 4.72. The highest BCUT2D eigenvalue weighted by Gasteiger charge is 2.54. The van der Waals surface area contributed by atoms with Crippen LogP contribution in [0.2, 0.25) is 5.02 Å². The fourth-order valence-corrected chi connectivity index (χ4v) is 4.76. The summed E-state index contributed by atoms with van der Waals surface area (Å²) in [7, 11) is 0. The number of nitrogens with zero attached hydrogens (tertiary/aromatic N) is 1. The van der Waals surface area contributed by atoms with E-state index in [1.54, 1.807) is 4.90 Å². The largest absolute Gasteiger partial charge is 0.447 e. The average Bonchev–Trinajstić information content (AvgIpc) is 3.02. The Hall–Kier alpha value is -1.96. The standard InChI is InChI=1S/C19H20ClF3N2O3/c20-15-7-13(21)1-2-14(15)19(22,23)12-3-5-25(6-4-12)16(26)11-8-18(9-11)10-28-17(27)24-18/h1-2,7,11-12H,3-6,8-10H2,(H,24,27)/t11-,18+. The van der Waals surface area contributed by atoms with Crippen molar-refractivity contribution < 1.29 is 27.5 Å². The van der Waals surface area contributed by atoms with Gasteiger partial charge in [0, 0.05) is 30.5 Å². The predicted molar refractivity (Wildman–Crippen MR) is 94.5 cm³/mol. The number of ether oxygens (including phenoxy) is 1. The van der Waals surface area contributed by atoms with Gasteiger partial charge in [-0.05, 0) is 43.9 Å². The molecule has 5 nitrogen and oxygen atoms in total. The topological polar surface area (TPSA) is 58.6 Å². The maximum Gasteiger partial charge on any atom is 0.407 e. The first-order valence-electron chi connectivity index (χ1n) is 9.27. The second-order valence-corrected chi connectivity index (χ2v) is 8.34. The van der Waals surface area contributed by atoms with E-state index in [1.807, 2.05) is 0 Å². The Labute approximate surface area is 165 Å². The zero-order chi connectivity index (χ0) is 20.1. The third-order valence-corrected chi connectivity index (χ3v) is 6.39. The number of alkyl halides is 2. The lowest BCUT2D eigenvalue weighted by Gasteiger charge is -2.45. The van der Waals surface area contributed by atoms with Crippen molar-refractivity contribution in [3.63, 3.8) is 0 Å². The summed E-state index contributed by atoms with van der Waals surface area (Å²) in [5.74, 6) is -5.09. The van der Waals surface area contributed by atoms with Crippen molar-refractivity contribution in [2.75, 3.05) is 19.7 Å². The lowest BCUT2D eigenvalue weighted by molar-refractivity contribution is -0.146. The Balaban J connectivity index is 1.34. The summed E-state index contributed by atoms with van der Waals surface area (Å²) >= 11 is 5.83. The van der Waals surface area contributed by atoms with Gasteiger partial charge >= 0.3 is 6.09 Å². The van der Waals surface area contributed by atoms with Crippen LogP contribution in [-0.2, 0) is 15.5 Å². The normalized spacial score (nSPS) is 28.1. The number of cyclic esters (lactones) is 1. The minimum Gasteiger partial charge on any atom is -0.447 e. The zero-order valence-corrected chi connectivity index (χ0v) is 15.8. The molecular formula is C19H20ClF3N2O3. The average molecular weight is 417 g/mol. The lowest BCUT2D eigenvalue weighted by Crippen LogP contribution is -2.59. The Morgan fingerprint density at radius 3 is 2.54 bits per heavy atom. The molecule has 1 spiro atoms. The Bertz CT molecular complexity index is 806. The van der Waals surface area contributed by atoms with Crippen LogP contribution in [0.5, 0.6) is 0 Å². The molecule has 3 aliphatic rings. The second kappa shape index (κ2) is 6.83. The molecule has 1 aliphatic carbocycles. The first kappa shape index (κ1) is 19.4. The van der Waals surface area contributed by atoms with Gasteiger partial charge < -0.3 is 15.0 Å². The number of amides is 2. The summed E-state index contributed by atoms with van der Waals surface area (Å²) in [6, 6.07) is 2.90. The highest BCUT2D eigenvalue weighted by atomic mass is 35.5. The van der Waals surface area contributed by atoms with Crippen LogP contribution in [0.25, 0.3) is 0 Å². The van der Waals surface area contributed by atoms with E-state index in [-0.39, 0.29) is 54.9 Å². The van der Waals surface area contributed by atoms with Gasteiger partial charge in [0.2, 0.25) is 5.91 Å². The van der Waals surface area contributed by atoms with Crippen molar-refractivity contribution in [3.05, 3.63) is 34.6 Å². The second-order valence-electron chi connectivity index (χ2n) is 7.93. The van der Waals surface area contributed by atoms with Gasteiger partial charge in [-0.2, -0.15) is 0 Å². The summed E-state index contributed by atoms with van der Waals surface area (Å²) in [6.45, 7) is 0.747. The third-order valence-electron chi connectivity index (χ3n) is 6.08. The van der Waals surface area contributed by atoms with Gasteiger partial charge in [0.15, 0.2) is 0 Å². The number of alkyl carbamates (subject to hydrolysis) is 1. The van der Waals surface area contributed by atoms with Crippen LogP contribution in [0.1, 0.15) is 31.2 Å². The molecule has 28 heavy (non-hydrogen) atoms. The molecule has 152 valence electrons. The van der Waals surface area contributed by atoms with Crippen LogP contribution in [-0.4, -0.2) is 42.1 Å². The number of likely N-dealkylation sites (tertiary alicyclic amines) is 1. The van der Waals surface area contributed by atoms with Crippen LogP contribution in [0.3, 0.4) is 0 Å². The van der Waals surface area contributed by atoms with Crippen LogP contribution < -0.4 is 5.32 Å². The molecule has 1 saturated carbocycles. The van der Waals surface area contributed by atoms with Crippen molar-refractivity contribution in [2.45, 2.75) is 37.1 Å². The summed E-state index contributed by atoms with van der Waals surface area (Å²) in [5, 5.41) is 2.45. The molecule has 0 bridgehead atoms. The number of carbonyl (C=O) groups excluding carboxylic acids is 2. The van der Waals surface area contributed by atoms with E-state index in [0.717, 1.165) is 18.2 Å². The molecule has 2 amide bonds. The molecule has 4 rings (SSSR count). The number of nitrogens with one attached hydrogen (secondary N) is 1. The quantitative estimate of drug-likeness (QED) is 0.817. The smallest absolute Gasteiger partial charge is 0.407 e. The zero-order valence-electron chi connectivity index (χ0n) is 15.0. The van der Waals surface area contributed by atoms with Crippen LogP contribution in [0.15, 0.2) is 18.2 Å². The van der Waals surface area contributed by atoms with E-state index in [1.165, 1.54) is 0 Å². The first-order chi connectivity index (χ1) is 13.2. The summed E-state index contributed by atoms with van der Waals surface area (Å²) < 4.78 is 47.8. The molecule has 0 radical (unpaired) electrons. The Morgan fingerprint density at radius 1 is 1.29 bits per heavy atom. The van der Waals surface area contributed by atoms with Crippen LogP contribution >= 0.6 is 11.6 Å². The molecule has 1 aromatic carbocycles. The van der Waals surface area contributed by atoms with Crippen LogP contribution in [0.4, 0.5) is 18.0 Å². The minimum absolute atomic E-state index is 0.0617. The van der Waals surface area contributed by atoms with Gasteiger partial charge in [-0.1, -0.05) is 11.6 Å². The number of hydrogen-bond acceptors (Lipinski definition) is 3. The Morgan fingerprint density at radius 2 is 1.96 bits per heavy atom. The third kappa shape index (κ3) is 3.32. The molecule has 0 atom stereocenters. The molecule has 3 fully saturated rings. The SMILES string of the molecule is O=C1N[C@]2(CO1)C[C@H](C(=O)N1CCC(C(F)(F)c3ccc(F)cc3Cl)CC1)C2. The molecule has 2 aliphatic heterocycles. The van der Waals surface area contributed by atoms with Crippen LogP contribution in [0, 0.1) is 17.7 Å². The molecular weight excluding hydrogens is 397 g/mol. The molecule has 0 unspecified atom stereocenters. The monoisotopic (exact) mass is 416 g/mol.